The SMILES string of the molecule is CN1CCCN(C(=O)/C(=C\c2cccs2)NC(=O)c2ccccc2)CC1. The molecule has 26 heavy (non-hydrogen) atoms. The molecule has 0 aliphatic carbocycles. The molecular weight excluding hydrogens is 346 g/mol. The number of rotatable bonds is 4. The van der Waals surface area contributed by atoms with Crippen molar-refractivity contribution in [1.82, 2.24) is 15.1 Å². The summed E-state index contributed by atoms with van der Waals surface area (Å²) in [6, 6.07) is 12.8. The maximum Gasteiger partial charge on any atom is 0.270 e. The minimum absolute atomic E-state index is 0.127. The van der Waals surface area contributed by atoms with Crippen LogP contribution in [0, 0.1) is 0 Å². The van der Waals surface area contributed by atoms with Crippen LogP contribution in [-0.4, -0.2) is 54.8 Å². The van der Waals surface area contributed by atoms with Crippen LogP contribution in [0.4, 0.5) is 0 Å². The predicted octanol–water partition coefficient (Wildman–Crippen LogP) is 2.68. The van der Waals surface area contributed by atoms with Crippen LogP contribution in [0.25, 0.3) is 6.08 Å². The van der Waals surface area contributed by atoms with E-state index in [9.17, 15) is 9.59 Å². The van der Waals surface area contributed by atoms with Crippen molar-refractivity contribution in [3.05, 3.63) is 64.0 Å². The molecule has 0 radical (unpaired) electrons. The minimum atomic E-state index is -0.270. The molecule has 0 atom stereocenters. The molecule has 0 spiro atoms. The normalized spacial score (nSPS) is 16.2. The van der Waals surface area contributed by atoms with Crippen molar-refractivity contribution in [3.8, 4) is 0 Å². The highest BCUT2D eigenvalue weighted by atomic mass is 32.1. The highest BCUT2D eigenvalue weighted by Crippen LogP contribution is 2.15. The molecule has 1 saturated heterocycles. The second kappa shape index (κ2) is 8.78. The number of likely N-dealkylation sites (N-methyl/N-ethyl adjacent to an activating group) is 1. The molecule has 136 valence electrons. The number of nitrogens with one attached hydrogen (secondary N) is 1. The summed E-state index contributed by atoms with van der Waals surface area (Å²) < 4.78 is 0. The summed E-state index contributed by atoms with van der Waals surface area (Å²) in [7, 11) is 2.06. The van der Waals surface area contributed by atoms with E-state index >= 15 is 0 Å². The van der Waals surface area contributed by atoms with Crippen molar-refractivity contribution in [1.29, 1.82) is 0 Å². The van der Waals surface area contributed by atoms with Gasteiger partial charge in [-0.05, 0) is 49.7 Å². The minimum Gasteiger partial charge on any atom is -0.336 e. The zero-order valence-corrected chi connectivity index (χ0v) is 15.7. The fourth-order valence-corrected chi connectivity index (χ4v) is 3.53. The van der Waals surface area contributed by atoms with Gasteiger partial charge in [0.15, 0.2) is 0 Å². The van der Waals surface area contributed by atoms with Crippen LogP contribution in [0.3, 0.4) is 0 Å². The van der Waals surface area contributed by atoms with Gasteiger partial charge in [-0.2, -0.15) is 0 Å². The molecule has 1 fully saturated rings. The molecule has 2 heterocycles. The van der Waals surface area contributed by atoms with Crippen LogP contribution < -0.4 is 5.32 Å². The average molecular weight is 369 g/mol. The molecule has 2 aromatic rings. The third kappa shape index (κ3) is 4.80. The topological polar surface area (TPSA) is 52.6 Å². The van der Waals surface area contributed by atoms with Gasteiger partial charge in [0.25, 0.3) is 11.8 Å². The zero-order chi connectivity index (χ0) is 18.4. The maximum absolute atomic E-state index is 13.1. The summed E-state index contributed by atoms with van der Waals surface area (Å²) in [6.45, 7) is 3.18. The first-order chi connectivity index (χ1) is 12.6. The fraction of sp³-hybridized carbons (Fsp3) is 0.300. The molecule has 1 N–H and O–H groups in total. The molecule has 0 saturated carbocycles. The lowest BCUT2D eigenvalue weighted by Gasteiger charge is -2.22. The maximum atomic E-state index is 13.1. The summed E-state index contributed by atoms with van der Waals surface area (Å²) in [4.78, 5) is 30.6. The number of hydrogen-bond donors (Lipinski definition) is 1. The highest BCUT2D eigenvalue weighted by Gasteiger charge is 2.22. The van der Waals surface area contributed by atoms with Gasteiger partial charge in [0, 0.05) is 30.1 Å². The van der Waals surface area contributed by atoms with Crippen LogP contribution in [-0.2, 0) is 4.79 Å². The number of thiophene rings is 1. The molecule has 0 unspecified atom stereocenters. The second-order valence-corrected chi connectivity index (χ2v) is 7.32. The monoisotopic (exact) mass is 369 g/mol. The molecule has 1 aromatic carbocycles. The zero-order valence-electron chi connectivity index (χ0n) is 14.9. The van der Waals surface area contributed by atoms with Crippen LogP contribution in [0.15, 0.2) is 53.5 Å². The Morgan fingerprint density at radius 3 is 2.58 bits per heavy atom. The van der Waals surface area contributed by atoms with Gasteiger partial charge < -0.3 is 15.1 Å². The lowest BCUT2D eigenvalue weighted by atomic mass is 10.2. The Balaban J connectivity index is 1.81. The number of amides is 2. The lowest BCUT2D eigenvalue weighted by molar-refractivity contribution is -0.127. The quantitative estimate of drug-likeness (QED) is 0.843. The van der Waals surface area contributed by atoms with E-state index in [2.05, 4.69) is 17.3 Å². The lowest BCUT2D eigenvalue weighted by Crippen LogP contribution is -2.40. The van der Waals surface area contributed by atoms with E-state index in [4.69, 9.17) is 0 Å². The van der Waals surface area contributed by atoms with Gasteiger partial charge in [0.1, 0.15) is 5.70 Å². The first-order valence-corrected chi connectivity index (χ1v) is 9.61. The molecular formula is C20H23N3O2S. The predicted molar refractivity (Wildman–Crippen MR) is 105 cm³/mol. The van der Waals surface area contributed by atoms with Crippen molar-refractivity contribution in [2.24, 2.45) is 0 Å². The Hall–Kier alpha value is -2.44. The summed E-state index contributed by atoms with van der Waals surface area (Å²) in [5.41, 5.74) is 0.860. The Morgan fingerprint density at radius 2 is 1.85 bits per heavy atom. The van der Waals surface area contributed by atoms with Gasteiger partial charge in [0.2, 0.25) is 0 Å². The Kier molecular flexibility index (Phi) is 6.20. The Morgan fingerprint density at radius 1 is 1.04 bits per heavy atom. The first kappa shape index (κ1) is 18.4. The molecule has 2 amide bonds. The molecule has 1 aromatic heterocycles. The largest absolute Gasteiger partial charge is 0.336 e. The summed E-state index contributed by atoms with van der Waals surface area (Å²) in [5, 5.41) is 4.78. The van der Waals surface area contributed by atoms with E-state index in [1.807, 2.05) is 40.6 Å². The molecule has 0 bridgehead atoms. The van der Waals surface area contributed by atoms with Crippen molar-refractivity contribution < 1.29 is 9.59 Å². The third-order valence-electron chi connectivity index (χ3n) is 4.35. The van der Waals surface area contributed by atoms with Crippen molar-refractivity contribution >= 4 is 29.2 Å². The fourth-order valence-electron chi connectivity index (χ4n) is 2.87. The summed E-state index contributed by atoms with van der Waals surface area (Å²) in [5.74, 6) is -0.397. The summed E-state index contributed by atoms with van der Waals surface area (Å²) in [6.07, 6.45) is 2.70. The highest BCUT2D eigenvalue weighted by molar-refractivity contribution is 7.10. The van der Waals surface area contributed by atoms with Crippen molar-refractivity contribution in [2.45, 2.75) is 6.42 Å². The van der Waals surface area contributed by atoms with E-state index in [0.717, 1.165) is 24.4 Å². The van der Waals surface area contributed by atoms with E-state index in [1.165, 1.54) is 11.3 Å². The van der Waals surface area contributed by atoms with E-state index in [-0.39, 0.29) is 11.8 Å². The molecule has 1 aliphatic rings. The molecule has 1 aliphatic heterocycles. The number of benzene rings is 1. The molecule has 6 heteroatoms. The van der Waals surface area contributed by atoms with Crippen LogP contribution in [0.5, 0.6) is 0 Å². The van der Waals surface area contributed by atoms with E-state index in [1.54, 1.807) is 18.2 Å². The van der Waals surface area contributed by atoms with E-state index in [0.29, 0.717) is 24.4 Å². The van der Waals surface area contributed by atoms with Gasteiger partial charge >= 0.3 is 0 Å². The smallest absolute Gasteiger partial charge is 0.270 e. The standard InChI is InChI=1S/C20H23N3O2S/c1-22-10-6-11-23(13-12-22)20(25)18(15-17-9-5-14-26-17)21-19(24)16-7-3-2-4-8-16/h2-5,7-9,14-15H,6,10-13H2,1H3,(H,21,24)/b18-15+. The van der Waals surface area contributed by atoms with Crippen LogP contribution >= 0.6 is 11.3 Å². The Labute approximate surface area is 157 Å². The van der Waals surface area contributed by atoms with E-state index < -0.39 is 0 Å². The molecule has 3 rings (SSSR count). The van der Waals surface area contributed by atoms with Crippen LogP contribution in [0.1, 0.15) is 21.7 Å². The number of hydrogen-bond acceptors (Lipinski definition) is 4. The van der Waals surface area contributed by atoms with Gasteiger partial charge in [-0.25, -0.2) is 0 Å². The second-order valence-electron chi connectivity index (χ2n) is 6.34. The van der Waals surface area contributed by atoms with Crippen LogP contribution in [0.2, 0.25) is 0 Å². The number of carbonyl (C=O) groups excluding carboxylic acids is 2. The first-order valence-electron chi connectivity index (χ1n) is 8.73. The van der Waals surface area contributed by atoms with Gasteiger partial charge in [0.05, 0.1) is 0 Å². The van der Waals surface area contributed by atoms with Crippen molar-refractivity contribution in [2.75, 3.05) is 33.2 Å². The molecule has 5 nitrogen and oxygen atoms in total. The van der Waals surface area contributed by atoms with Gasteiger partial charge in [-0.3, -0.25) is 9.59 Å². The van der Waals surface area contributed by atoms with Gasteiger partial charge in [-0.1, -0.05) is 24.3 Å². The Bertz CT molecular complexity index is 772. The number of nitrogens with zero attached hydrogens (tertiary/aromatic N) is 2. The van der Waals surface area contributed by atoms with Gasteiger partial charge in [-0.15, -0.1) is 11.3 Å². The summed E-state index contributed by atoms with van der Waals surface area (Å²) >= 11 is 1.54. The third-order valence-corrected chi connectivity index (χ3v) is 5.17. The number of carbonyl (C=O) groups is 2. The van der Waals surface area contributed by atoms with Crippen molar-refractivity contribution in [3.63, 3.8) is 0 Å². The average Bonchev–Trinajstić information content (AvgIpc) is 3.07.